The summed E-state index contributed by atoms with van der Waals surface area (Å²) in [4.78, 5) is 29.7. The van der Waals surface area contributed by atoms with Crippen molar-refractivity contribution in [2.24, 2.45) is 4.99 Å². The predicted octanol–water partition coefficient (Wildman–Crippen LogP) is 3.35. The van der Waals surface area contributed by atoms with Crippen LogP contribution in [0, 0.1) is 0 Å². The van der Waals surface area contributed by atoms with Gasteiger partial charge in [-0.2, -0.15) is 4.99 Å². The van der Waals surface area contributed by atoms with Gasteiger partial charge in [-0.1, -0.05) is 17.4 Å². The summed E-state index contributed by atoms with van der Waals surface area (Å²) in [5.41, 5.74) is 1.47. The van der Waals surface area contributed by atoms with E-state index in [4.69, 9.17) is 18.9 Å². The number of rotatable bonds is 9. The summed E-state index contributed by atoms with van der Waals surface area (Å²) in [5.74, 6) is 1.14. The molecule has 0 aliphatic carbocycles. The summed E-state index contributed by atoms with van der Waals surface area (Å²) in [6.45, 7) is 4.43. The van der Waals surface area contributed by atoms with E-state index in [1.165, 1.54) is 18.4 Å². The van der Waals surface area contributed by atoms with E-state index in [9.17, 15) is 9.59 Å². The van der Waals surface area contributed by atoms with Gasteiger partial charge in [0.15, 0.2) is 4.80 Å². The molecule has 9 heteroatoms. The first kappa shape index (κ1) is 23.3. The molecule has 0 aliphatic rings. The van der Waals surface area contributed by atoms with Crippen molar-refractivity contribution < 1.29 is 28.5 Å². The fourth-order valence-corrected chi connectivity index (χ4v) is 4.27. The lowest BCUT2D eigenvalue weighted by atomic mass is 10.1. The Balaban J connectivity index is 1.99. The average Bonchev–Trinajstić information content (AvgIpc) is 3.10. The molecular formula is C23H26N2O6S. The number of carbonyl (C=O) groups excluding carboxylic acids is 2. The molecule has 1 aromatic heterocycles. The molecule has 1 heterocycles. The van der Waals surface area contributed by atoms with Gasteiger partial charge in [-0.15, -0.1) is 0 Å². The summed E-state index contributed by atoms with van der Waals surface area (Å²) in [5, 5.41) is 0. The standard InChI is InChI=1S/C23H26N2O6S/c1-5-30-17-9-10-18-20(13-17)32-23(25(18)14-22(27)31-6-2)24-21(26)11-15-7-8-16(28-3)12-19(15)29-4/h7-10,12-13H,5-6,11,14H2,1-4H3. The number of hydrogen-bond donors (Lipinski definition) is 0. The fourth-order valence-electron chi connectivity index (χ4n) is 3.19. The maximum absolute atomic E-state index is 12.8. The lowest BCUT2D eigenvalue weighted by molar-refractivity contribution is -0.143. The minimum absolute atomic E-state index is 0.0419. The second kappa shape index (κ2) is 10.8. The van der Waals surface area contributed by atoms with Crippen LogP contribution >= 0.6 is 11.3 Å². The van der Waals surface area contributed by atoms with Crippen molar-refractivity contribution in [3.8, 4) is 17.2 Å². The van der Waals surface area contributed by atoms with E-state index in [2.05, 4.69) is 4.99 Å². The lowest BCUT2D eigenvalue weighted by Gasteiger charge is -2.09. The van der Waals surface area contributed by atoms with Crippen molar-refractivity contribution in [3.05, 3.63) is 46.8 Å². The van der Waals surface area contributed by atoms with Crippen LogP contribution in [-0.4, -0.2) is 43.9 Å². The molecule has 0 bridgehead atoms. The van der Waals surface area contributed by atoms with Gasteiger partial charge in [0.05, 0.1) is 44.1 Å². The molecule has 0 saturated heterocycles. The summed E-state index contributed by atoms with van der Waals surface area (Å²) >= 11 is 1.32. The number of esters is 1. The SMILES string of the molecule is CCOC(=O)Cn1c(=NC(=O)Cc2ccc(OC)cc2OC)sc2cc(OCC)ccc21. The van der Waals surface area contributed by atoms with Crippen LogP contribution in [0.4, 0.5) is 0 Å². The highest BCUT2D eigenvalue weighted by molar-refractivity contribution is 7.16. The number of amides is 1. The first-order chi connectivity index (χ1) is 15.5. The summed E-state index contributed by atoms with van der Waals surface area (Å²) in [6.07, 6.45) is 0.0466. The van der Waals surface area contributed by atoms with Crippen LogP contribution in [0.15, 0.2) is 41.4 Å². The van der Waals surface area contributed by atoms with Crippen LogP contribution in [0.3, 0.4) is 0 Å². The van der Waals surface area contributed by atoms with Gasteiger partial charge in [0.25, 0.3) is 5.91 Å². The highest BCUT2D eigenvalue weighted by Crippen LogP contribution is 2.26. The topological polar surface area (TPSA) is 88.4 Å². The smallest absolute Gasteiger partial charge is 0.326 e. The molecule has 0 aliphatic heterocycles. The summed E-state index contributed by atoms with van der Waals surface area (Å²) < 4.78 is 23.8. The Labute approximate surface area is 190 Å². The second-order valence-electron chi connectivity index (χ2n) is 6.70. The summed E-state index contributed by atoms with van der Waals surface area (Å²) in [6, 6.07) is 10.8. The Hall–Kier alpha value is -3.33. The van der Waals surface area contributed by atoms with Crippen molar-refractivity contribution in [1.29, 1.82) is 0 Å². The van der Waals surface area contributed by atoms with Crippen LogP contribution < -0.4 is 19.0 Å². The van der Waals surface area contributed by atoms with Crippen molar-refractivity contribution >= 4 is 33.4 Å². The molecule has 32 heavy (non-hydrogen) atoms. The molecule has 0 atom stereocenters. The third-order valence-electron chi connectivity index (χ3n) is 4.61. The van der Waals surface area contributed by atoms with Crippen molar-refractivity contribution in [3.63, 3.8) is 0 Å². The molecule has 3 rings (SSSR count). The van der Waals surface area contributed by atoms with Gasteiger partial charge in [-0.05, 0) is 38.1 Å². The largest absolute Gasteiger partial charge is 0.497 e. The molecule has 0 fully saturated rings. The fraction of sp³-hybridized carbons (Fsp3) is 0.348. The minimum Gasteiger partial charge on any atom is -0.497 e. The Morgan fingerprint density at radius 2 is 1.78 bits per heavy atom. The van der Waals surface area contributed by atoms with E-state index in [-0.39, 0.29) is 25.5 Å². The molecule has 0 saturated carbocycles. The molecule has 0 N–H and O–H groups in total. The maximum atomic E-state index is 12.8. The number of carbonyl (C=O) groups is 2. The molecule has 2 aromatic carbocycles. The number of fused-ring (bicyclic) bond motifs is 1. The molecular weight excluding hydrogens is 432 g/mol. The lowest BCUT2D eigenvalue weighted by Crippen LogP contribution is -2.23. The molecule has 0 unspecified atom stereocenters. The van der Waals surface area contributed by atoms with Gasteiger partial charge in [0.1, 0.15) is 23.8 Å². The van der Waals surface area contributed by atoms with Gasteiger partial charge in [0.2, 0.25) is 0 Å². The number of benzene rings is 2. The quantitative estimate of drug-likeness (QED) is 0.457. The molecule has 0 radical (unpaired) electrons. The molecule has 1 amide bonds. The van der Waals surface area contributed by atoms with Crippen LogP contribution in [0.2, 0.25) is 0 Å². The molecule has 8 nitrogen and oxygen atoms in total. The first-order valence-electron chi connectivity index (χ1n) is 10.2. The highest BCUT2D eigenvalue weighted by atomic mass is 32.1. The number of thiazole rings is 1. The van der Waals surface area contributed by atoms with Gasteiger partial charge in [-0.3, -0.25) is 9.59 Å². The van der Waals surface area contributed by atoms with E-state index in [0.717, 1.165) is 10.2 Å². The predicted molar refractivity (Wildman–Crippen MR) is 121 cm³/mol. The van der Waals surface area contributed by atoms with Crippen molar-refractivity contribution in [2.75, 3.05) is 27.4 Å². The van der Waals surface area contributed by atoms with Crippen LogP contribution in [0.25, 0.3) is 10.2 Å². The Bertz CT molecular complexity index is 1180. The van der Waals surface area contributed by atoms with Gasteiger partial charge < -0.3 is 23.5 Å². The van der Waals surface area contributed by atoms with Crippen LogP contribution in [-0.2, 0) is 27.3 Å². The normalized spacial score (nSPS) is 11.4. The van der Waals surface area contributed by atoms with E-state index >= 15 is 0 Å². The Morgan fingerprint density at radius 1 is 1.00 bits per heavy atom. The number of ether oxygens (including phenoxy) is 4. The Kier molecular flexibility index (Phi) is 7.88. The van der Waals surface area contributed by atoms with Crippen molar-refractivity contribution in [1.82, 2.24) is 4.57 Å². The highest BCUT2D eigenvalue weighted by Gasteiger charge is 2.14. The zero-order chi connectivity index (χ0) is 23.1. The maximum Gasteiger partial charge on any atom is 0.326 e. The molecule has 3 aromatic rings. The number of aromatic nitrogens is 1. The number of hydrogen-bond acceptors (Lipinski definition) is 7. The third kappa shape index (κ3) is 5.47. The van der Waals surface area contributed by atoms with Crippen molar-refractivity contribution in [2.45, 2.75) is 26.8 Å². The number of nitrogens with zero attached hydrogens (tertiary/aromatic N) is 2. The molecule has 170 valence electrons. The third-order valence-corrected chi connectivity index (χ3v) is 5.66. The number of methoxy groups -OCH3 is 2. The van der Waals surface area contributed by atoms with Gasteiger partial charge in [-0.25, -0.2) is 0 Å². The zero-order valence-corrected chi connectivity index (χ0v) is 19.4. The zero-order valence-electron chi connectivity index (χ0n) is 18.5. The van der Waals surface area contributed by atoms with Gasteiger partial charge >= 0.3 is 5.97 Å². The molecule has 0 spiro atoms. The van der Waals surface area contributed by atoms with E-state index in [0.29, 0.717) is 34.2 Å². The second-order valence-corrected chi connectivity index (χ2v) is 7.71. The van der Waals surface area contributed by atoms with E-state index < -0.39 is 5.97 Å². The van der Waals surface area contributed by atoms with Crippen LogP contribution in [0.1, 0.15) is 19.4 Å². The van der Waals surface area contributed by atoms with E-state index in [1.807, 2.05) is 25.1 Å². The average molecular weight is 459 g/mol. The van der Waals surface area contributed by atoms with E-state index in [1.54, 1.807) is 36.8 Å². The minimum atomic E-state index is -0.396. The van der Waals surface area contributed by atoms with Gasteiger partial charge in [0, 0.05) is 11.6 Å². The monoisotopic (exact) mass is 458 g/mol. The summed E-state index contributed by atoms with van der Waals surface area (Å²) in [7, 11) is 3.10. The Morgan fingerprint density at radius 3 is 2.47 bits per heavy atom. The first-order valence-corrected chi connectivity index (χ1v) is 11.0. The van der Waals surface area contributed by atoms with Crippen LogP contribution in [0.5, 0.6) is 17.2 Å².